The Balaban J connectivity index is 1.74. The van der Waals surface area contributed by atoms with Crippen molar-refractivity contribution < 1.29 is 4.74 Å². The smallest absolute Gasteiger partial charge is 0.157 e. The van der Waals surface area contributed by atoms with Crippen LogP contribution in [0.25, 0.3) is 33.3 Å². The highest BCUT2D eigenvalue weighted by atomic mass is 16.5. The molecule has 0 N–H and O–H groups in total. The van der Waals surface area contributed by atoms with Crippen molar-refractivity contribution in [3.8, 4) is 11.4 Å². The average molecular weight is 406 g/mol. The summed E-state index contributed by atoms with van der Waals surface area (Å²) in [4.78, 5) is 12.0. The molecule has 0 unspecified atom stereocenters. The predicted octanol–water partition coefficient (Wildman–Crippen LogP) is 3.36. The number of aryl methyl sites for hydroxylation is 1. The van der Waals surface area contributed by atoms with Crippen molar-refractivity contribution >= 4 is 27.8 Å². The van der Waals surface area contributed by atoms with Gasteiger partial charge in [0.25, 0.3) is 0 Å². The van der Waals surface area contributed by atoms with Crippen molar-refractivity contribution in [2.24, 2.45) is 7.05 Å². The van der Waals surface area contributed by atoms with Crippen LogP contribution in [0, 0.1) is 0 Å². The molecule has 8 heteroatoms. The van der Waals surface area contributed by atoms with E-state index in [2.05, 4.69) is 70.7 Å². The topological polar surface area (TPSA) is 73.9 Å². The Morgan fingerprint density at radius 3 is 2.80 bits per heavy atom. The number of fused-ring (bicyclic) bond motifs is 2. The van der Waals surface area contributed by atoms with Crippen LogP contribution in [0.15, 0.2) is 30.9 Å². The lowest BCUT2D eigenvalue weighted by molar-refractivity contribution is 0.0987. The van der Waals surface area contributed by atoms with Gasteiger partial charge in [-0.25, -0.2) is 9.97 Å². The van der Waals surface area contributed by atoms with Gasteiger partial charge < -0.3 is 18.8 Å². The summed E-state index contributed by atoms with van der Waals surface area (Å²) in [7, 11) is 2.01. The molecule has 0 saturated carbocycles. The van der Waals surface area contributed by atoms with Crippen molar-refractivity contribution in [3.05, 3.63) is 30.9 Å². The molecule has 0 bridgehead atoms. The van der Waals surface area contributed by atoms with Gasteiger partial charge in [-0.2, -0.15) is 5.10 Å². The van der Waals surface area contributed by atoms with E-state index in [4.69, 9.17) is 9.72 Å². The number of hydrogen-bond acceptors (Lipinski definition) is 6. The summed E-state index contributed by atoms with van der Waals surface area (Å²) in [6, 6.07) is 4.40. The zero-order chi connectivity index (χ0) is 21.0. The predicted molar refractivity (Wildman–Crippen MR) is 118 cm³/mol. The summed E-state index contributed by atoms with van der Waals surface area (Å²) in [6.45, 7) is 10.9. The standard InChI is InChI=1S/C22H27N7O/c1-14-12-30-9-8-28(14)21-20-17(27(5)13-23-20)10-16(25-21)19-15-6-7-29(22(2,3)4)18(15)11-24-26-19/h6-7,10-11,13-14H,8-9,12H2,1-5H3/t14-/m1/s1. The molecule has 1 aliphatic rings. The number of pyridine rings is 1. The van der Waals surface area contributed by atoms with E-state index in [-0.39, 0.29) is 11.6 Å². The maximum Gasteiger partial charge on any atom is 0.157 e. The van der Waals surface area contributed by atoms with E-state index in [1.54, 1.807) is 0 Å². The first kappa shape index (κ1) is 19.0. The SMILES string of the molecule is C[C@@H]1COCCN1c1nc(-c2nncc3c2ccn3C(C)(C)C)cc2c1ncn2C. The van der Waals surface area contributed by atoms with E-state index in [1.165, 1.54) is 0 Å². The second kappa shape index (κ2) is 6.77. The zero-order valence-electron chi connectivity index (χ0n) is 18.1. The van der Waals surface area contributed by atoms with Gasteiger partial charge in [-0.3, -0.25) is 0 Å². The molecule has 0 aliphatic carbocycles. The minimum Gasteiger partial charge on any atom is -0.377 e. The highest BCUT2D eigenvalue weighted by molar-refractivity contribution is 5.96. The first-order chi connectivity index (χ1) is 14.3. The largest absolute Gasteiger partial charge is 0.377 e. The maximum atomic E-state index is 5.64. The van der Waals surface area contributed by atoms with Gasteiger partial charge in [0.2, 0.25) is 0 Å². The Kier molecular flexibility index (Phi) is 4.28. The minimum atomic E-state index is -0.0458. The van der Waals surface area contributed by atoms with Crippen LogP contribution in [0.5, 0.6) is 0 Å². The third-order valence-corrected chi connectivity index (χ3v) is 5.82. The van der Waals surface area contributed by atoms with E-state index < -0.39 is 0 Å². The lowest BCUT2D eigenvalue weighted by Gasteiger charge is -2.34. The molecule has 0 amide bonds. The number of hydrogen-bond donors (Lipinski definition) is 0. The average Bonchev–Trinajstić information content (AvgIpc) is 3.31. The Bertz CT molecular complexity index is 1230. The molecule has 4 aromatic heterocycles. The van der Waals surface area contributed by atoms with Gasteiger partial charge in [0.1, 0.15) is 11.2 Å². The van der Waals surface area contributed by atoms with Gasteiger partial charge in [-0.15, -0.1) is 5.10 Å². The van der Waals surface area contributed by atoms with Crippen LogP contribution < -0.4 is 4.90 Å². The monoisotopic (exact) mass is 405 g/mol. The number of imidazole rings is 1. The number of nitrogens with zero attached hydrogens (tertiary/aromatic N) is 7. The highest BCUT2D eigenvalue weighted by Gasteiger charge is 2.25. The van der Waals surface area contributed by atoms with Gasteiger partial charge in [-0.05, 0) is 39.8 Å². The van der Waals surface area contributed by atoms with Gasteiger partial charge >= 0.3 is 0 Å². The number of morpholine rings is 1. The summed E-state index contributed by atoms with van der Waals surface area (Å²) in [5.41, 5.74) is 4.55. The molecule has 1 atom stereocenters. The summed E-state index contributed by atoms with van der Waals surface area (Å²) >= 11 is 0. The second-order valence-electron chi connectivity index (χ2n) is 9.02. The van der Waals surface area contributed by atoms with Crippen molar-refractivity contribution in [1.29, 1.82) is 0 Å². The van der Waals surface area contributed by atoms with E-state index >= 15 is 0 Å². The number of ether oxygens (including phenoxy) is 1. The Labute approximate surface area is 175 Å². The lowest BCUT2D eigenvalue weighted by Crippen LogP contribution is -2.44. The first-order valence-corrected chi connectivity index (χ1v) is 10.3. The lowest BCUT2D eigenvalue weighted by atomic mass is 10.1. The molecule has 1 fully saturated rings. The summed E-state index contributed by atoms with van der Waals surface area (Å²) in [6.07, 6.45) is 5.77. The zero-order valence-corrected chi connectivity index (χ0v) is 18.1. The van der Waals surface area contributed by atoms with Crippen molar-refractivity contribution in [2.75, 3.05) is 24.7 Å². The van der Waals surface area contributed by atoms with E-state index in [0.717, 1.165) is 45.7 Å². The molecule has 4 aromatic rings. The Morgan fingerprint density at radius 1 is 1.20 bits per heavy atom. The van der Waals surface area contributed by atoms with Gasteiger partial charge in [0.15, 0.2) is 5.82 Å². The summed E-state index contributed by atoms with van der Waals surface area (Å²) in [5.74, 6) is 0.882. The van der Waals surface area contributed by atoms with Crippen LogP contribution in [-0.2, 0) is 17.3 Å². The fourth-order valence-electron chi connectivity index (χ4n) is 4.22. The fourth-order valence-corrected chi connectivity index (χ4v) is 4.22. The second-order valence-corrected chi connectivity index (χ2v) is 9.02. The maximum absolute atomic E-state index is 5.64. The van der Waals surface area contributed by atoms with Crippen LogP contribution in [0.4, 0.5) is 5.82 Å². The Morgan fingerprint density at radius 2 is 2.03 bits per heavy atom. The number of anilines is 1. The van der Waals surface area contributed by atoms with Crippen molar-refractivity contribution in [1.82, 2.24) is 29.3 Å². The van der Waals surface area contributed by atoms with E-state index in [1.807, 2.05) is 24.1 Å². The molecule has 1 aliphatic heterocycles. The van der Waals surface area contributed by atoms with Crippen LogP contribution in [0.3, 0.4) is 0 Å². The minimum absolute atomic E-state index is 0.0458. The molecule has 0 aromatic carbocycles. The quantitative estimate of drug-likeness (QED) is 0.509. The molecule has 8 nitrogen and oxygen atoms in total. The van der Waals surface area contributed by atoms with Gasteiger partial charge in [0, 0.05) is 30.7 Å². The normalized spacial score (nSPS) is 17.9. The molecule has 0 radical (unpaired) electrons. The van der Waals surface area contributed by atoms with Crippen molar-refractivity contribution in [2.45, 2.75) is 39.3 Å². The van der Waals surface area contributed by atoms with E-state index in [0.29, 0.717) is 13.2 Å². The third-order valence-electron chi connectivity index (χ3n) is 5.82. The van der Waals surface area contributed by atoms with E-state index in [9.17, 15) is 0 Å². The van der Waals surface area contributed by atoms with Gasteiger partial charge in [0.05, 0.1) is 48.5 Å². The molecular formula is C22H27N7O. The molecule has 5 heterocycles. The van der Waals surface area contributed by atoms with Gasteiger partial charge in [-0.1, -0.05) is 0 Å². The summed E-state index contributed by atoms with van der Waals surface area (Å²) in [5, 5.41) is 9.87. The highest BCUT2D eigenvalue weighted by Crippen LogP contribution is 2.34. The molecular weight excluding hydrogens is 378 g/mol. The third kappa shape index (κ3) is 2.94. The summed E-state index contributed by atoms with van der Waals surface area (Å²) < 4.78 is 9.90. The molecule has 1 saturated heterocycles. The Hall–Kier alpha value is -3.00. The number of aromatic nitrogens is 6. The molecule has 5 rings (SSSR count). The first-order valence-electron chi connectivity index (χ1n) is 10.3. The van der Waals surface area contributed by atoms with Crippen LogP contribution in [0.2, 0.25) is 0 Å². The molecule has 156 valence electrons. The molecule has 30 heavy (non-hydrogen) atoms. The molecule has 0 spiro atoms. The van der Waals surface area contributed by atoms with Crippen LogP contribution in [0.1, 0.15) is 27.7 Å². The van der Waals surface area contributed by atoms with Crippen LogP contribution in [-0.4, -0.2) is 55.1 Å². The number of rotatable bonds is 2. The van der Waals surface area contributed by atoms with Crippen LogP contribution >= 0.6 is 0 Å². The van der Waals surface area contributed by atoms with Crippen molar-refractivity contribution in [3.63, 3.8) is 0 Å². The fraction of sp³-hybridized carbons (Fsp3) is 0.455.